The molecule has 0 radical (unpaired) electrons. The molecule has 0 spiro atoms. The molecule has 1 fully saturated rings. The van der Waals surface area contributed by atoms with Gasteiger partial charge in [0, 0.05) is 60.5 Å². The van der Waals surface area contributed by atoms with Gasteiger partial charge in [-0.25, -0.2) is 9.29 Å². The van der Waals surface area contributed by atoms with Crippen LogP contribution in [0.1, 0.15) is 12.5 Å². The Kier molecular flexibility index (Phi) is 7.55. The maximum atomic E-state index is 12.0. The number of hydrogen-bond donors (Lipinski definition) is 2. The van der Waals surface area contributed by atoms with Gasteiger partial charge < -0.3 is 15.2 Å². The molecule has 190 valence electrons. The van der Waals surface area contributed by atoms with E-state index in [9.17, 15) is 4.79 Å². The molecule has 1 saturated heterocycles. The molecule has 0 aliphatic carbocycles. The maximum Gasteiger partial charge on any atom is 0.247 e. The topological polar surface area (TPSA) is 64.3 Å². The Bertz CT molecular complexity index is 1440. The predicted molar refractivity (Wildman–Crippen MR) is 157 cm³/mol. The van der Waals surface area contributed by atoms with Crippen molar-refractivity contribution in [2.75, 3.05) is 42.1 Å². The van der Waals surface area contributed by atoms with Gasteiger partial charge in [0.15, 0.2) is 0 Å². The number of aryl methyl sites for hydroxylation is 1. The van der Waals surface area contributed by atoms with E-state index in [-0.39, 0.29) is 5.91 Å². The van der Waals surface area contributed by atoms with Gasteiger partial charge in [0.25, 0.3) is 0 Å². The van der Waals surface area contributed by atoms with Crippen molar-refractivity contribution < 1.29 is 4.79 Å². The van der Waals surface area contributed by atoms with Crippen LogP contribution in [0.25, 0.3) is 33.4 Å². The molecular weight excluding hydrogens is 502 g/mol. The Labute approximate surface area is 226 Å². The monoisotopic (exact) mass is 531 g/mol. The van der Waals surface area contributed by atoms with E-state index in [1.54, 1.807) is 12.3 Å². The van der Waals surface area contributed by atoms with Gasteiger partial charge >= 0.3 is 0 Å². The lowest BCUT2D eigenvalue weighted by molar-refractivity contribution is -0.111. The SMILES string of the molecule is C=CC(=O)Nc1cc(-c2c(-c3ccc(N4CCN(SCC)CC4)cc3)[nH]c3nccc(Cl)c23)ccc1C. The Morgan fingerprint density at radius 1 is 1.14 bits per heavy atom. The minimum Gasteiger partial charge on any atom is -0.369 e. The van der Waals surface area contributed by atoms with Gasteiger partial charge in [-0.2, -0.15) is 0 Å². The van der Waals surface area contributed by atoms with Crippen molar-refractivity contribution in [2.24, 2.45) is 0 Å². The predicted octanol–water partition coefficient (Wildman–Crippen LogP) is 6.77. The molecule has 0 saturated carbocycles. The number of nitrogens with zero attached hydrogens (tertiary/aromatic N) is 3. The molecule has 2 aromatic carbocycles. The Morgan fingerprint density at radius 3 is 2.57 bits per heavy atom. The molecule has 1 aliphatic heterocycles. The zero-order valence-corrected chi connectivity index (χ0v) is 22.6. The summed E-state index contributed by atoms with van der Waals surface area (Å²) < 4.78 is 2.45. The van der Waals surface area contributed by atoms with Gasteiger partial charge in [-0.1, -0.05) is 61.3 Å². The van der Waals surface area contributed by atoms with E-state index in [1.165, 1.54) is 11.8 Å². The first-order valence-corrected chi connectivity index (χ1v) is 13.7. The zero-order chi connectivity index (χ0) is 25.9. The minimum atomic E-state index is -0.246. The maximum absolute atomic E-state index is 12.0. The summed E-state index contributed by atoms with van der Waals surface area (Å²) in [5.74, 6) is 0.868. The highest BCUT2D eigenvalue weighted by atomic mass is 35.5. The highest BCUT2D eigenvalue weighted by Crippen LogP contribution is 2.42. The van der Waals surface area contributed by atoms with Gasteiger partial charge in [0.05, 0.1) is 10.7 Å². The lowest BCUT2D eigenvalue weighted by atomic mass is 9.97. The van der Waals surface area contributed by atoms with Crippen LogP contribution >= 0.6 is 23.5 Å². The van der Waals surface area contributed by atoms with Crippen LogP contribution in [0, 0.1) is 6.92 Å². The summed E-state index contributed by atoms with van der Waals surface area (Å²) in [4.78, 5) is 22.5. The lowest BCUT2D eigenvalue weighted by Gasteiger charge is -2.35. The molecule has 5 rings (SSSR count). The van der Waals surface area contributed by atoms with Crippen LogP contribution in [0.5, 0.6) is 0 Å². The molecule has 37 heavy (non-hydrogen) atoms. The van der Waals surface area contributed by atoms with E-state index < -0.39 is 0 Å². The third-order valence-corrected chi connectivity index (χ3v) is 7.99. The molecule has 8 heteroatoms. The molecule has 0 bridgehead atoms. The standard InChI is InChI=1S/C29H30ClN5OS/c1-4-25(36)32-24-18-21(7-6-19(24)3)26-27-23(30)12-13-31-29(27)33-28(26)20-8-10-22(11-9-20)34-14-16-35(17-15-34)37-5-2/h4,6-13,18H,1,5,14-17H2,2-3H3,(H,31,33)(H,32,36). The van der Waals surface area contributed by atoms with E-state index in [4.69, 9.17) is 11.6 Å². The molecule has 1 amide bonds. The number of benzene rings is 2. The summed E-state index contributed by atoms with van der Waals surface area (Å²) in [6.07, 6.45) is 2.98. The van der Waals surface area contributed by atoms with Gasteiger partial charge in [-0.05, 0) is 54.0 Å². The molecule has 6 nitrogen and oxygen atoms in total. The normalized spacial score (nSPS) is 14.2. The number of halogens is 1. The van der Waals surface area contributed by atoms with E-state index in [0.717, 1.165) is 76.6 Å². The number of H-pyrrole nitrogens is 1. The second-order valence-electron chi connectivity index (χ2n) is 9.00. The number of piperazine rings is 1. The van der Waals surface area contributed by atoms with Crippen LogP contribution in [-0.4, -0.2) is 52.1 Å². The summed E-state index contributed by atoms with van der Waals surface area (Å²) in [7, 11) is 0. The van der Waals surface area contributed by atoms with Gasteiger partial charge in [-0.3, -0.25) is 4.79 Å². The fourth-order valence-electron chi connectivity index (χ4n) is 4.77. The van der Waals surface area contributed by atoms with E-state index in [2.05, 4.69) is 68.3 Å². The molecule has 0 unspecified atom stereocenters. The van der Waals surface area contributed by atoms with E-state index in [1.807, 2.05) is 31.0 Å². The van der Waals surface area contributed by atoms with Crippen LogP contribution in [0.4, 0.5) is 11.4 Å². The molecular formula is C29H30ClN5OS. The van der Waals surface area contributed by atoms with Crippen molar-refractivity contribution in [1.82, 2.24) is 14.3 Å². The molecule has 1 aliphatic rings. The van der Waals surface area contributed by atoms with Crippen LogP contribution in [-0.2, 0) is 4.79 Å². The highest BCUT2D eigenvalue weighted by molar-refractivity contribution is 7.96. The van der Waals surface area contributed by atoms with Crippen molar-refractivity contribution >= 4 is 51.9 Å². The van der Waals surface area contributed by atoms with Crippen molar-refractivity contribution in [1.29, 1.82) is 0 Å². The minimum absolute atomic E-state index is 0.246. The summed E-state index contributed by atoms with van der Waals surface area (Å²) in [6.45, 7) is 11.9. The third-order valence-electron chi connectivity index (χ3n) is 6.68. The van der Waals surface area contributed by atoms with E-state index >= 15 is 0 Å². The molecule has 0 atom stereocenters. The Morgan fingerprint density at radius 2 is 1.86 bits per heavy atom. The third kappa shape index (κ3) is 5.25. The quantitative estimate of drug-likeness (QED) is 0.203. The van der Waals surface area contributed by atoms with Crippen LogP contribution in [0.3, 0.4) is 0 Å². The number of fused-ring (bicyclic) bond motifs is 1. The lowest BCUT2D eigenvalue weighted by Crippen LogP contribution is -2.43. The van der Waals surface area contributed by atoms with Crippen LogP contribution in [0.15, 0.2) is 67.4 Å². The van der Waals surface area contributed by atoms with Gasteiger partial charge in [-0.15, -0.1) is 0 Å². The number of pyridine rings is 1. The largest absolute Gasteiger partial charge is 0.369 e. The average Bonchev–Trinajstić information content (AvgIpc) is 3.31. The highest BCUT2D eigenvalue weighted by Gasteiger charge is 2.21. The Hall–Kier alpha value is -3.26. The first kappa shape index (κ1) is 25.4. The fourth-order valence-corrected chi connectivity index (χ4v) is 5.80. The number of aromatic amines is 1. The summed E-state index contributed by atoms with van der Waals surface area (Å²) >= 11 is 8.61. The zero-order valence-electron chi connectivity index (χ0n) is 21.1. The molecule has 2 N–H and O–H groups in total. The van der Waals surface area contributed by atoms with Crippen molar-refractivity contribution in [3.05, 3.63) is 78.0 Å². The van der Waals surface area contributed by atoms with Crippen molar-refractivity contribution in [3.63, 3.8) is 0 Å². The number of rotatable bonds is 7. The molecule has 3 heterocycles. The summed E-state index contributed by atoms with van der Waals surface area (Å²) in [5.41, 5.74) is 7.54. The fraction of sp³-hybridized carbons (Fsp3) is 0.241. The first-order chi connectivity index (χ1) is 18.0. The number of nitrogens with one attached hydrogen (secondary N) is 2. The van der Waals surface area contributed by atoms with Gasteiger partial charge in [0.2, 0.25) is 5.91 Å². The second-order valence-corrected chi connectivity index (χ2v) is 10.8. The first-order valence-electron chi connectivity index (χ1n) is 12.4. The van der Waals surface area contributed by atoms with Crippen molar-refractivity contribution in [2.45, 2.75) is 13.8 Å². The Balaban J connectivity index is 1.53. The van der Waals surface area contributed by atoms with Crippen molar-refractivity contribution in [3.8, 4) is 22.4 Å². The number of anilines is 2. The van der Waals surface area contributed by atoms with E-state index in [0.29, 0.717) is 5.02 Å². The molecule has 4 aromatic rings. The number of carbonyl (C=O) groups excluding carboxylic acids is 1. The second kappa shape index (κ2) is 11.0. The van der Waals surface area contributed by atoms with Crippen LogP contribution in [0.2, 0.25) is 5.02 Å². The number of hydrogen-bond acceptors (Lipinski definition) is 5. The molecule has 2 aromatic heterocycles. The average molecular weight is 532 g/mol. The number of aromatic nitrogens is 2. The number of carbonyl (C=O) groups is 1. The van der Waals surface area contributed by atoms with Crippen LogP contribution < -0.4 is 10.2 Å². The summed E-state index contributed by atoms with van der Waals surface area (Å²) in [5, 5.41) is 4.40. The van der Waals surface area contributed by atoms with Gasteiger partial charge in [0.1, 0.15) is 5.65 Å². The smallest absolute Gasteiger partial charge is 0.247 e. The number of amides is 1. The summed E-state index contributed by atoms with van der Waals surface area (Å²) in [6, 6.07) is 16.5.